The zero-order valence-electron chi connectivity index (χ0n) is 13.3. The van der Waals surface area contributed by atoms with Gasteiger partial charge in [-0.25, -0.2) is 4.98 Å². The number of phenols is 1. The number of thiazole rings is 1. The Kier molecular flexibility index (Phi) is 4.91. The Morgan fingerprint density at radius 1 is 1.12 bits per heavy atom. The summed E-state index contributed by atoms with van der Waals surface area (Å²) in [6, 6.07) is 14.7. The van der Waals surface area contributed by atoms with E-state index in [9.17, 15) is 9.90 Å². The topological polar surface area (TPSA) is 62.2 Å². The number of aryl methyl sites for hydroxylation is 1. The van der Waals surface area contributed by atoms with E-state index in [0.29, 0.717) is 0 Å². The van der Waals surface area contributed by atoms with Crippen molar-refractivity contribution in [3.8, 4) is 17.0 Å². The molecule has 0 bridgehead atoms. The van der Waals surface area contributed by atoms with Crippen molar-refractivity contribution in [3.05, 3.63) is 64.5 Å². The predicted molar refractivity (Wildman–Crippen MR) is 97.4 cm³/mol. The van der Waals surface area contributed by atoms with Crippen molar-refractivity contribution in [2.75, 3.05) is 5.32 Å². The summed E-state index contributed by atoms with van der Waals surface area (Å²) in [5.41, 5.74) is 3.78. The monoisotopic (exact) mass is 338 g/mol. The molecule has 0 aliphatic carbocycles. The van der Waals surface area contributed by atoms with Crippen LogP contribution in [0, 0.1) is 0 Å². The molecule has 1 amide bonds. The Labute approximate surface area is 144 Å². The molecule has 0 saturated carbocycles. The third kappa shape index (κ3) is 4.00. The number of benzene rings is 2. The largest absolute Gasteiger partial charge is 0.508 e. The van der Waals surface area contributed by atoms with Gasteiger partial charge in [-0.1, -0.05) is 19.1 Å². The van der Waals surface area contributed by atoms with E-state index < -0.39 is 0 Å². The second-order valence-corrected chi connectivity index (χ2v) is 6.39. The van der Waals surface area contributed by atoms with Crippen LogP contribution < -0.4 is 5.32 Å². The van der Waals surface area contributed by atoms with Gasteiger partial charge in [-0.2, -0.15) is 0 Å². The quantitative estimate of drug-likeness (QED) is 0.731. The van der Waals surface area contributed by atoms with Crippen molar-refractivity contribution < 1.29 is 9.90 Å². The van der Waals surface area contributed by atoms with Crippen LogP contribution in [-0.4, -0.2) is 16.0 Å². The zero-order valence-corrected chi connectivity index (χ0v) is 14.1. The van der Waals surface area contributed by atoms with Crippen molar-refractivity contribution in [2.24, 2.45) is 0 Å². The lowest BCUT2D eigenvalue weighted by Crippen LogP contribution is -2.14. The molecule has 0 radical (unpaired) electrons. The molecule has 5 heteroatoms. The van der Waals surface area contributed by atoms with E-state index in [1.807, 2.05) is 41.8 Å². The number of aromatic nitrogens is 1. The highest BCUT2D eigenvalue weighted by Gasteiger charge is 2.09. The fourth-order valence-electron chi connectivity index (χ4n) is 2.32. The number of nitrogens with zero attached hydrogens (tertiary/aromatic N) is 1. The minimum atomic E-state index is -0.0779. The molecule has 2 aromatic carbocycles. The summed E-state index contributed by atoms with van der Waals surface area (Å²) in [6.07, 6.45) is 1.23. The van der Waals surface area contributed by atoms with Gasteiger partial charge in [0.05, 0.1) is 12.1 Å². The van der Waals surface area contributed by atoms with Crippen LogP contribution in [0.25, 0.3) is 11.3 Å². The Bertz CT molecular complexity index is 823. The Morgan fingerprint density at radius 2 is 1.83 bits per heavy atom. The highest BCUT2D eigenvalue weighted by Crippen LogP contribution is 2.24. The molecule has 0 aliphatic rings. The van der Waals surface area contributed by atoms with Crippen molar-refractivity contribution >= 4 is 22.9 Å². The molecule has 0 saturated heterocycles. The highest BCUT2D eigenvalue weighted by atomic mass is 32.1. The van der Waals surface area contributed by atoms with Crippen molar-refractivity contribution in [2.45, 2.75) is 19.8 Å². The van der Waals surface area contributed by atoms with Crippen LogP contribution in [0.1, 0.15) is 17.5 Å². The summed E-state index contributed by atoms with van der Waals surface area (Å²) in [6.45, 7) is 2.10. The lowest BCUT2D eigenvalue weighted by molar-refractivity contribution is -0.115. The third-order valence-corrected chi connectivity index (χ3v) is 4.52. The van der Waals surface area contributed by atoms with E-state index in [2.05, 4.69) is 17.2 Å². The summed E-state index contributed by atoms with van der Waals surface area (Å²) in [5.74, 6) is 0.147. The second kappa shape index (κ2) is 7.27. The molecule has 0 unspecified atom stereocenters. The van der Waals surface area contributed by atoms with Crippen LogP contribution in [0.5, 0.6) is 5.75 Å². The molecule has 4 nitrogen and oxygen atoms in total. The average molecular weight is 338 g/mol. The van der Waals surface area contributed by atoms with Crippen LogP contribution in [0.3, 0.4) is 0 Å². The molecule has 0 fully saturated rings. The SMILES string of the molecule is CCc1ccc(NC(=O)Cc2nc(-c3ccc(O)cc3)cs2)cc1. The average Bonchev–Trinajstić information content (AvgIpc) is 3.04. The minimum absolute atomic E-state index is 0.0779. The summed E-state index contributed by atoms with van der Waals surface area (Å²) < 4.78 is 0. The maximum Gasteiger partial charge on any atom is 0.231 e. The fraction of sp³-hybridized carbons (Fsp3) is 0.158. The van der Waals surface area contributed by atoms with Crippen LogP contribution in [0.15, 0.2) is 53.9 Å². The number of anilines is 1. The van der Waals surface area contributed by atoms with E-state index in [1.165, 1.54) is 16.9 Å². The Morgan fingerprint density at radius 3 is 2.50 bits per heavy atom. The van der Waals surface area contributed by atoms with E-state index in [0.717, 1.165) is 28.4 Å². The van der Waals surface area contributed by atoms with Crippen molar-refractivity contribution in [1.82, 2.24) is 4.98 Å². The molecule has 0 spiro atoms. The van der Waals surface area contributed by atoms with Gasteiger partial charge in [0, 0.05) is 16.6 Å². The van der Waals surface area contributed by atoms with E-state index >= 15 is 0 Å². The standard InChI is InChI=1S/C19H18N2O2S/c1-2-13-3-7-15(8-4-13)20-18(23)11-19-21-17(12-24-19)14-5-9-16(22)10-6-14/h3-10,12,22H,2,11H2,1H3,(H,20,23). The molecular weight excluding hydrogens is 320 g/mol. The lowest BCUT2D eigenvalue weighted by Gasteiger charge is -2.04. The van der Waals surface area contributed by atoms with Crippen LogP contribution >= 0.6 is 11.3 Å². The van der Waals surface area contributed by atoms with Crippen molar-refractivity contribution in [1.29, 1.82) is 0 Å². The van der Waals surface area contributed by atoms with Crippen LogP contribution in [0.4, 0.5) is 5.69 Å². The first kappa shape index (κ1) is 16.2. The number of rotatable bonds is 5. The number of hydrogen-bond acceptors (Lipinski definition) is 4. The van der Waals surface area contributed by atoms with Crippen LogP contribution in [0.2, 0.25) is 0 Å². The van der Waals surface area contributed by atoms with Gasteiger partial charge < -0.3 is 10.4 Å². The molecule has 24 heavy (non-hydrogen) atoms. The van der Waals surface area contributed by atoms with Gasteiger partial charge in [0.25, 0.3) is 0 Å². The summed E-state index contributed by atoms with van der Waals surface area (Å²) >= 11 is 1.46. The molecule has 1 aromatic heterocycles. The molecule has 2 N–H and O–H groups in total. The third-order valence-electron chi connectivity index (χ3n) is 3.67. The highest BCUT2D eigenvalue weighted by molar-refractivity contribution is 7.10. The second-order valence-electron chi connectivity index (χ2n) is 5.45. The van der Waals surface area contributed by atoms with E-state index in [1.54, 1.807) is 12.1 Å². The molecule has 0 aliphatic heterocycles. The lowest BCUT2D eigenvalue weighted by atomic mass is 10.1. The Hall–Kier alpha value is -2.66. The molecule has 3 rings (SSSR count). The zero-order chi connectivity index (χ0) is 16.9. The minimum Gasteiger partial charge on any atom is -0.508 e. The molecular formula is C19H18N2O2S. The maximum atomic E-state index is 12.1. The number of amides is 1. The summed E-state index contributed by atoms with van der Waals surface area (Å²) in [7, 11) is 0. The molecule has 3 aromatic rings. The predicted octanol–water partition coefficient (Wildman–Crippen LogP) is 4.26. The maximum absolute atomic E-state index is 12.1. The molecule has 122 valence electrons. The van der Waals surface area contributed by atoms with Gasteiger partial charge in [-0.15, -0.1) is 11.3 Å². The normalized spacial score (nSPS) is 10.5. The number of carbonyl (C=O) groups is 1. The van der Waals surface area contributed by atoms with Gasteiger partial charge in [0.1, 0.15) is 10.8 Å². The molecule has 1 heterocycles. The van der Waals surface area contributed by atoms with Gasteiger partial charge in [0.15, 0.2) is 0 Å². The first-order chi connectivity index (χ1) is 11.6. The first-order valence-electron chi connectivity index (χ1n) is 7.76. The van der Waals surface area contributed by atoms with Crippen LogP contribution in [-0.2, 0) is 17.6 Å². The number of carbonyl (C=O) groups excluding carboxylic acids is 1. The summed E-state index contributed by atoms with van der Waals surface area (Å²) in [5, 5.41) is 14.9. The van der Waals surface area contributed by atoms with Gasteiger partial charge >= 0.3 is 0 Å². The Balaban J connectivity index is 1.63. The van der Waals surface area contributed by atoms with Gasteiger partial charge in [-0.3, -0.25) is 4.79 Å². The number of hydrogen-bond donors (Lipinski definition) is 2. The van der Waals surface area contributed by atoms with Gasteiger partial charge in [0.2, 0.25) is 5.91 Å². The fourth-order valence-corrected chi connectivity index (χ4v) is 3.13. The van der Waals surface area contributed by atoms with E-state index in [4.69, 9.17) is 0 Å². The number of aromatic hydroxyl groups is 1. The van der Waals surface area contributed by atoms with Gasteiger partial charge in [-0.05, 0) is 48.4 Å². The number of phenolic OH excluding ortho intramolecular Hbond substituents is 1. The summed E-state index contributed by atoms with van der Waals surface area (Å²) in [4.78, 5) is 16.6. The van der Waals surface area contributed by atoms with Crippen molar-refractivity contribution in [3.63, 3.8) is 0 Å². The number of nitrogens with one attached hydrogen (secondary N) is 1. The van der Waals surface area contributed by atoms with E-state index in [-0.39, 0.29) is 18.1 Å². The first-order valence-corrected chi connectivity index (χ1v) is 8.64. The smallest absolute Gasteiger partial charge is 0.231 e. The molecule has 0 atom stereocenters.